The summed E-state index contributed by atoms with van der Waals surface area (Å²) in [6, 6.07) is -6.65. The third-order valence-electron chi connectivity index (χ3n) is 22.5. The number of hydrogen-bond donors (Lipinski definition) is 29. The zero-order chi connectivity index (χ0) is 105. The number of rotatable bonds is 62. The van der Waals surface area contributed by atoms with E-state index in [9.17, 15) is 121 Å². The fraction of sp³-hybridized carbons (Fsp3) is 0.489. The van der Waals surface area contributed by atoms with E-state index in [1.807, 2.05) is 0 Å². The predicted octanol–water partition coefficient (Wildman–Crippen LogP) is -4.64. The molecular formula is C90H125N23O26S2. The molecule has 0 bridgehead atoms. The molecule has 0 saturated heterocycles. The van der Waals surface area contributed by atoms with Gasteiger partial charge in [-0.3, -0.25) is 95.9 Å². The quantitative estimate of drug-likeness (QED) is 0.0126. The number of benzene rings is 3. The molecule has 51 heteroatoms. The number of carboxylic acid groups (broad SMARTS) is 4. The number of fused-ring (bicyclic) bond motifs is 2. The van der Waals surface area contributed by atoms with Crippen molar-refractivity contribution in [2.45, 2.75) is 235 Å². The predicted molar refractivity (Wildman–Crippen MR) is 512 cm³/mol. The minimum Gasteiger partial charge on any atom is -0.508 e. The molecule has 16 atom stereocenters. The summed E-state index contributed by atoms with van der Waals surface area (Å²) in [7, 11) is 0. The molecule has 768 valence electrons. The number of amides is 17. The van der Waals surface area contributed by atoms with Gasteiger partial charge in [0, 0.05) is 96.1 Å². The lowest BCUT2D eigenvalue weighted by Crippen LogP contribution is -2.61. The molecule has 0 spiro atoms. The number of aliphatic carboxylic acids is 4. The van der Waals surface area contributed by atoms with Gasteiger partial charge in [0.05, 0.1) is 38.2 Å². The SMILES string of the molecule is CC[C@H](C)[C@H](NC(=O)[C@H](CC(N)=O)NC(=O)[C@H](CS)NC(=O)[C@H](Cc1cnc[nH]1)NC(=O)[C@H](Cc1c[nH]c2ccccc12)NC(=O)[C@H](CCC(N)=O)NC(=O)CNC(=O)[C@H](CCCCN)NC(=O)[C@H](CC(=O)O)NC(=O)[C@H](Cc1ccc(O)cc1)NC(=O)[C@H](CCC(=O)O)NC(=O)[C@H](CS)NC(=O)[C@@H](NC(=O)[C@H](Cc1c[nH]c2ccccc12)NC(=O)[C@@H](N)CC(=O)O)C(C)C)C(=O)N[C@@H](CC(C)C)C(=O)O. The monoisotopic (exact) mass is 2010 g/mol. The smallest absolute Gasteiger partial charge is 0.326 e. The fourth-order valence-corrected chi connectivity index (χ4v) is 15.1. The number of carbonyl (C=O) groups is 21. The van der Waals surface area contributed by atoms with Crippen molar-refractivity contribution < 1.29 is 126 Å². The van der Waals surface area contributed by atoms with Crippen LogP contribution >= 0.6 is 25.3 Å². The Kier molecular flexibility index (Phi) is 46.4. The van der Waals surface area contributed by atoms with Crippen LogP contribution in [0.5, 0.6) is 5.75 Å². The molecule has 0 fully saturated rings. The summed E-state index contributed by atoms with van der Waals surface area (Å²) in [5.41, 5.74) is 25.3. The lowest BCUT2D eigenvalue weighted by molar-refractivity contribution is -0.143. The molecule has 3 aromatic heterocycles. The zero-order valence-electron chi connectivity index (χ0n) is 78.2. The largest absolute Gasteiger partial charge is 0.508 e. The van der Waals surface area contributed by atoms with Crippen LogP contribution < -0.4 is 103 Å². The first-order valence-electron chi connectivity index (χ1n) is 45.2. The number of phenolic OH excluding ortho intramolecular Hbond substituents is 1. The molecule has 6 rings (SSSR count). The van der Waals surface area contributed by atoms with Gasteiger partial charge in [-0.15, -0.1) is 0 Å². The van der Waals surface area contributed by atoms with Crippen molar-refractivity contribution in [2.75, 3.05) is 24.6 Å². The van der Waals surface area contributed by atoms with Crippen molar-refractivity contribution in [3.8, 4) is 5.75 Å². The van der Waals surface area contributed by atoms with Gasteiger partial charge in [0.25, 0.3) is 0 Å². The Bertz CT molecular complexity index is 5410. The number of nitrogens with one attached hydrogen (secondary N) is 18. The molecule has 141 heavy (non-hydrogen) atoms. The van der Waals surface area contributed by atoms with Gasteiger partial charge in [0.1, 0.15) is 90.3 Å². The van der Waals surface area contributed by atoms with Crippen molar-refractivity contribution in [1.29, 1.82) is 0 Å². The van der Waals surface area contributed by atoms with Crippen LogP contribution in [-0.4, -0.2) is 285 Å². The highest BCUT2D eigenvalue weighted by molar-refractivity contribution is 7.80. The van der Waals surface area contributed by atoms with Crippen LogP contribution in [0.3, 0.4) is 0 Å². The van der Waals surface area contributed by atoms with Gasteiger partial charge in [0.15, 0.2) is 0 Å². The van der Waals surface area contributed by atoms with E-state index in [0.29, 0.717) is 32.9 Å². The average Bonchev–Trinajstić information content (AvgIpc) is 1.72. The van der Waals surface area contributed by atoms with Gasteiger partial charge in [-0.2, -0.15) is 25.3 Å². The van der Waals surface area contributed by atoms with Crippen molar-refractivity contribution in [3.05, 3.63) is 120 Å². The van der Waals surface area contributed by atoms with Crippen LogP contribution in [-0.2, 0) is 126 Å². The summed E-state index contributed by atoms with van der Waals surface area (Å²) < 4.78 is 0. The first-order valence-corrected chi connectivity index (χ1v) is 46.5. The number of hydrogen-bond acceptors (Lipinski definition) is 27. The van der Waals surface area contributed by atoms with Gasteiger partial charge in [-0.1, -0.05) is 96.5 Å². The second-order valence-corrected chi connectivity index (χ2v) is 35.1. The second-order valence-electron chi connectivity index (χ2n) is 34.4. The van der Waals surface area contributed by atoms with E-state index in [-0.39, 0.29) is 74.4 Å². The molecule has 0 aliphatic heterocycles. The maximum absolute atomic E-state index is 15.1. The molecule has 31 N–H and O–H groups in total. The molecule has 0 radical (unpaired) electrons. The summed E-state index contributed by atoms with van der Waals surface area (Å²) in [4.78, 5) is 301. The number of nitrogens with zero attached hydrogens (tertiary/aromatic N) is 1. The Morgan fingerprint density at radius 2 is 0.830 bits per heavy atom. The van der Waals surface area contributed by atoms with Crippen LogP contribution in [0.15, 0.2) is 97.7 Å². The summed E-state index contributed by atoms with van der Waals surface area (Å²) in [6.45, 7) is 8.79. The highest BCUT2D eigenvalue weighted by Crippen LogP contribution is 2.24. The second kappa shape index (κ2) is 57.0. The van der Waals surface area contributed by atoms with Crippen molar-refractivity contribution >= 4 is 171 Å². The molecule has 0 aliphatic carbocycles. The molecule has 0 aliphatic rings. The molecule has 0 saturated carbocycles. The van der Waals surface area contributed by atoms with Crippen LogP contribution in [0.2, 0.25) is 0 Å². The van der Waals surface area contributed by atoms with Crippen molar-refractivity contribution in [2.24, 2.45) is 40.7 Å². The number of thiol groups is 2. The van der Waals surface area contributed by atoms with Gasteiger partial charge in [0.2, 0.25) is 100 Å². The van der Waals surface area contributed by atoms with Crippen molar-refractivity contribution in [1.82, 2.24) is 99.7 Å². The van der Waals surface area contributed by atoms with Gasteiger partial charge in [-0.05, 0) is 104 Å². The number of para-hydroxylation sites is 2. The number of phenols is 1. The normalized spacial score (nSPS) is 14.6. The topological polar surface area (TPSA) is 804 Å². The standard InChI is InChI=1S/C90H125N23O26S2/c1-7-45(6)75(89(137)109-65(90(138)139)28-43(2)3)113-85(133)63(34-69(94)116)107-87(135)66(40-140)110-82(130)62(32-49-38-95-42-99-49)106-81(129)60(30-47-36-96-54-16-10-8-14-51(47)54)105-78(126)57(23-25-68(93)115)100-70(117)39-98-77(125)56(18-12-13-27-91)101-83(131)64(35-73(122)123)108-80(128)59(29-46-19-21-50(114)22-20-46)104-79(127)58(24-26-71(118)119)102-86(134)67(41-141)111-88(136)74(44(4)5)112-84(132)61(103-76(124)53(92)33-72(120)121)31-48-37-97-55-17-11-9-15-52(48)55/h8-11,14-17,19-22,36-38,42-45,53,56-67,74-75,96-97,114,140-141H,7,12-13,18,23-35,39-41,91-92H2,1-6H3,(H2,93,115)(H2,94,116)(H,95,99)(H,98,125)(H,100,117)(H,101,131)(H,102,134)(H,103,124)(H,104,127)(H,105,126)(H,106,129)(H,107,135)(H,108,128)(H,109,137)(H,110,130)(H,111,136)(H,112,132)(H,113,133)(H,118,119)(H,120,121)(H,122,123)(H,138,139)/t45-,53-,56-,57-,58-,59-,60-,61-,62-,63-,64-,65-,66-,67-,74-,75-/m0/s1. The van der Waals surface area contributed by atoms with Crippen LogP contribution in [0, 0.1) is 17.8 Å². The molecule has 3 heterocycles. The molecule has 17 amide bonds. The molecule has 49 nitrogen and oxygen atoms in total. The van der Waals surface area contributed by atoms with E-state index in [1.54, 1.807) is 82.4 Å². The van der Waals surface area contributed by atoms with E-state index >= 15 is 4.79 Å². The van der Waals surface area contributed by atoms with E-state index < -0.39 is 303 Å². The summed E-state index contributed by atoms with van der Waals surface area (Å²) in [6.07, 6.45) is -1.20. The number of unbranched alkanes of at least 4 members (excludes halogenated alkanes) is 1. The van der Waals surface area contributed by atoms with Gasteiger partial charge in [-0.25, -0.2) is 9.78 Å². The maximum Gasteiger partial charge on any atom is 0.326 e. The summed E-state index contributed by atoms with van der Waals surface area (Å²) >= 11 is 8.53. The minimum absolute atomic E-state index is 0.0289. The lowest BCUT2D eigenvalue weighted by Gasteiger charge is -2.29. The van der Waals surface area contributed by atoms with Crippen molar-refractivity contribution in [3.63, 3.8) is 0 Å². The Hall–Kier alpha value is -14.8. The Balaban J connectivity index is 1.20. The number of carbonyl (C=O) groups excluding carboxylic acids is 17. The maximum atomic E-state index is 15.1. The van der Waals surface area contributed by atoms with E-state index in [4.69, 9.17) is 22.9 Å². The highest BCUT2D eigenvalue weighted by Gasteiger charge is 2.41. The van der Waals surface area contributed by atoms with Crippen LogP contribution in [0.4, 0.5) is 0 Å². The third kappa shape index (κ3) is 37.8. The van der Waals surface area contributed by atoms with Crippen LogP contribution in [0.25, 0.3) is 21.8 Å². The number of nitrogens with two attached hydrogens (primary N) is 4. The van der Waals surface area contributed by atoms with Gasteiger partial charge >= 0.3 is 23.9 Å². The molecule has 0 unspecified atom stereocenters. The number of aromatic amines is 3. The first kappa shape index (κ1) is 115. The van der Waals surface area contributed by atoms with E-state index in [1.165, 1.54) is 56.8 Å². The lowest BCUT2D eigenvalue weighted by atomic mass is 9.96. The number of H-pyrrole nitrogens is 3. The average molecular weight is 2010 g/mol. The third-order valence-corrected chi connectivity index (χ3v) is 23.2. The fourth-order valence-electron chi connectivity index (χ4n) is 14.6. The zero-order valence-corrected chi connectivity index (χ0v) is 80.0. The summed E-state index contributed by atoms with van der Waals surface area (Å²) in [5, 5.41) is 87.2. The number of imidazole rings is 1. The number of aromatic hydroxyl groups is 1. The van der Waals surface area contributed by atoms with Gasteiger partial charge < -0.3 is 143 Å². The van der Waals surface area contributed by atoms with E-state index in [0.717, 1.165) is 0 Å². The number of carboxylic acids is 4. The molecule has 6 aromatic rings. The Labute approximate surface area is 819 Å². The van der Waals surface area contributed by atoms with Crippen LogP contribution in [0.1, 0.15) is 141 Å². The van der Waals surface area contributed by atoms with E-state index in [2.05, 4.69) is 125 Å². The Morgan fingerprint density at radius 1 is 0.411 bits per heavy atom. The first-order chi connectivity index (χ1) is 66.7. The summed E-state index contributed by atoms with van der Waals surface area (Å²) in [5.74, 6) is -27.8. The number of primary amides is 2. The highest BCUT2D eigenvalue weighted by atomic mass is 32.1. The number of aromatic nitrogens is 4. The Morgan fingerprint density at radius 3 is 1.30 bits per heavy atom. The molecular weight excluding hydrogens is 1880 g/mol. The minimum atomic E-state index is -2.14. The molecule has 3 aromatic carbocycles.